The predicted octanol–water partition coefficient (Wildman–Crippen LogP) is 0.165. The van der Waals surface area contributed by atoms with Gasteiger partial charge in [0.1, 0.15) is 6.07 Å². The molecule has 1 heterocycles. The van der Waals surface area contributed by atoms with Gasteiger partial charge in [0.2, 0.25) is 0 Å². The van der Waals surface area contributed by atoms with Gasteiger partial charge in [0, 0.05) is 13.1 Å². The molecule has 5 heteroatoms. The van der Waals surface area contributed by atoms with E-state index in [1.807, 2.05) is 13.0 Å². The van der Waals surface area contributed by atoms with Gasteiger partial charge in [0.25, 0.3) is 0 Å². The van der Waals surface area contributed by atoms with Crippen LogP contribution in [0.1, 0.15) is 12.5 Å². The lowest BCUT2D eigenvalue weighted by Gasteiger charge is -2.23. The molecule has 1 N–H and O–H groups in total. The fraction of sp³-hybridized carbons (Fsp3) is 0.444. The Labute approximate surface area is 82.6 Å². The molecule has 0 saturated carbocycles. The highest BCUT2D eigenvalue weighted by Gasteiger charge is 2.10. The number of anilines is 1. The third kappa shape index (κ3) is 2.18. The molecule has 0 aliphatic heterocycles. The molecule has 0 bridgehead atoms. The molecular formula is C9H12N4O. The van der Waals surface area contributed by atoms with Crippen LogP contribution in [0.2, 0.25) is 0 Å². The summed E-state index contributed by atoms with van der Waals surface area (Å²) in [5.41, 5.74) is 0.465. The molecule has 0 aliphatic carbocycles. The number of rotatable bonds is 3. The first-order valence-corrected chi connectivity index (χ1v) is 4.25. The third-order valence-electron chi connectivity index (χ3n) is 2.06. The first-order chi connectivity index (χ1) is 6.69. The minimum absolute atomic E-state index is 0.0367. The molecule has 0 radical (unpaired) electrons. The molecule has 1 atom stereocenters. The van der Waals surface area contributed by atoms with E-state index in [4.69, 9.17) is 10.4 Å². The zero-order valence-corrected chi connectivity index (χ0v) is 8.18. The number of nitrogens with zero attached hydrogens (tertiary/aromatic N) is 4. The molecule has 0 aliphatic rings. The van der Waals surface area contributed by atoms with Crippen LogP contribution in [-0.4, -0.2) is 35.0 Å². The summed E-state index contributed by atoms with van der Waals surface area (Å²) in [4.78, 5) is 1.77. The second kappa shape index (κ2) is 4.53. The third-order valence-corrected chi connectivity index (χ3v) is 2.06. The van der Waals surface area contributed by atoms with Gasteiger partial charge >= 0.3 is 0 Å². The summed E-state index contributed by atoms with van der Waals surface area (Å²) < 4.78 is 0. The second-order valence-electron chi connectivity index (χ2n) is 3.06. The molecule has 0 saturated heterocycles. The van der Waals surface area contributed by atoms with Crippen molar-refractivity contribution in [2.24, 2.45) is 0 Å². The van der Waals surface area contributed by atoms with Crippen molar-refractivity contribution in [3.63, 3.8) is 0 Å². The minimum Gasteiger partial charge on any atom is -0.394 e. The normalized spacial score (nSPS) is 11.9. The smallest absolute Gasteiger partial charge is 0.152 e. The molecule has 1 unspecified atom stereocenters. The molecule has 0 fully saturated rings. The lowest BCUT2D eigenvalue weighted by Crippen LogP contribution is -2.32. The highest BCUT2D eigenvalue weighted by atomic mass is 16.3. The number of hydrogen-bond acceptors (Lipinski definition) is 5. The van der Waals surface area contributed by atoms with Crippen LogP contribution in [0, 0.1) is 11.3 Å². The van der Waals surface area contributed by atoms with E-state index in [2.05, 4.69) is 10.2 Å². The fourth-order valence-electron chi connectivity index (χ4n) is 0.937. The Balaban J connectivity index is 2.91. The van der Waals surface area contributed by atoms with Crippen LogP contribution in [0.15, 0.2) is 12.3 Å². The summed E-state index contributed by atoms with van der Waals surface area (Å²) in [6.07, 6.45) is 1.40. The van der Waals surface area contributed by atoms with Crippen LogP contribution in [0.25, 0.3) is 0 Å². The maximum atomic E-state index is 8.94. The van der Waals surface area contributed by atoms with Crippen LogP contribution in [0.5, 0.6) is 0 Å². The largest absolute Gasteiger partial charge is 0.394 e. The van der Waals surface area contributed by atoms with Crippen LogP contribution in [-0.2, 0) is 0 Å². The lowest BCUT2D eigenvalue weighted by atomic mass is 10.3. The summed E-state index contributed by atoms with van der Waals surface area (Å²) in [5, 5.41) is 25.2. The molecule has 0 aromatic carbocycles. The first-order valence-electron chi connectivity index (χ1n) is 4.25. The van der Waals surface area contributed by atoms with Crippen molar-refractivity contribution in [2.45, 2.75) is 13.0 Å². The van der Waals surface area contributed by atoms with Crippen molar-refractivity contribution < 1.29 is 5.11 Å². The van der Waals surface area contributed by atoms with Gasteiger partial charge in [-0.3, -0.25) is 0 Å². The topological polar surface area (TPSA) is 73.0 Å². The lowest BCUT2D eigenvalue weighted by molar-refractivity contribution is 0.269. The predicted molar refractivity (Wildman–Crippen MR) is 51.7 cm³/mol. The summed E-state index contributed by atoms with van der Waals surface area (Å²) in [5.74, 6) is 0.589. The Morgan fingerprint density at radius 2 is 2.43 bits per heavy atom. The Kier molecular flexibility index (Phi) is 3.37. The number of aliphatic hydroxyl groups is 1. The van der Waals surface area contributed by atoms with Crippen LogP contribution in [0.4, 0.5) is 5.82 Å². The average Bonchev–Trinajstić information content (AvgIpc) is 2.27. The molecule has 1 aromatic rings. The molecule has 5 nitrogen and oxygen atoms in total. The van der Waals surface area contributed by atoms with Crippen molar-refractivity contribution in [1.29, 1.82) is 5.26 Å². The molecule has 1 aromatic heterocycles. The fourth-order valence-corrected chi connectivity index (χ4v) is 0.937. The zero-order chi connectivity index (χ0) is 10.6. The van der Waals surface area contributed by atoms with Crippen molar-refractivity contribution in [3.8, 4) is 6.07 Å². The maximum absolute atomic E-state index is 8.94. The Hall–Kier alpha value is -1.67. The van der Waals surface area contributed by atoms with Gasteiger partial charge < -0.3 is 10.0 Å². The molecular weight excluding hydrogens is 180 g/mol. The van der Waals surface area contributed by atoms with Gasteiger partial charge in [-0.15, -0.1) is 5.10 Å². The maximum Gasteiger partial charge on any atom is 0.152 e. The van der Waals surface area contributed by atoms with E-state index >= 15 is 0 Å². The quantitative estimate of drug-likeness (QED) is 0.738. The summed E-state index contributed by atoms with van der Waals surface area (Å²) in [6, 6.07) is 3.58. The SMILES string of the molecule is CC(CO)N(C)c1cc(C#N)cnn1. The van der Waals surface area contributed by atoms with Gasteiger partial charge in [0.15, 0.2) is 5.82 Å². The van der Waals surface area contributed by atoms with Gasteiger partial charge in [0.05, 0.1) is 24.4 Å². The van der Waals surface area contributed by atoms with Crippen LogP contribution in [0.3, 0.4) is 0 Å². The minimum atomic E-state index is -0.0433. The van der Waals surface area contributed by atoms with Crippen molar-refractivity contribution in [3.05, 3.63) is 17.8 Å². The number of aliphatic hydroxyl groups excluding tert-OH is 1. The Bertz CT molecular complexity index is 347. The molecule has 74 valence electrons. The number of aromatic nitrogens is 2. The second-order valence-corrected chi connectivity index (χ2v) is 3.06. The van der Waals surface area contributed by atoms with Crippen molar-refractivity contribution in [1.82, 2.24) is 10.2 Å². The Morgan fingerprint density at radius 3 is 3.00 bits per heavy atom. The number of nitriles is 1. The summed E-state index contributed by atoms with van der Waals surface area (Å²) in [6.45, 7) is 1.90. The monoisotopic (exact) mass is 192 g/mol. The van der Waals surface area contributed by atoms with Gasteiger partial charge in [-0.2, -0.15) is 10.4 Å². The summed E-state index contributed by atoms with van der Waals surface area (Å²) >= 11 is 0. The van der Waals surface area contributed by atoms with E-state index in [9.17, 15) is 0 Å². The number of hydrogen-bond donors (Lipinski definition) is 1. The Morgan fingerprint density at radius 1 is 1.71 bits per heavy atom. The van der Waals surface area contributed by atoms with Crippen molar-refractivity contribution in [2.75, 3.05) is 18.6 Å². The van der Waals surface area contributed by atoms with E-state index in [-0.39, 0.29) is 12.6 Å². The van der Waals surface area contributed by atoms with Crippen LogP contribution >= 0.6 is 0 Å². The van der Waals surface area contributed by atoms with E-state index in [0.29, 0.717) is 11.4 Å². The molecule has 14 heavy (non-hydrogen) atoms. The van der Waals surface area contributed by atoms with Crippen molar-refractivity contribution >= 4 is 5.82 Å². The van der Waals surface area contributed by atoms with Gasteiger partial charge in [-0.1, -0.05) is 0 Å². The first kappa shape index (κ1) is 10.4. The highest BCUT2D eigenvalue weighted by Crippen LogP contribution is 2.11. The molecule has 0 amide bonds. The van der Waals surface area contributed by atoms with E-state index in [0.717, 1.165) is 0 Å². The molecule has 1 rings (SSSR count). The van der Waals surface area contributed by atoms with Gasteiger partial charge in [-0.25, -0.2) is 0 Å². The van der Waals surface area contributed by atoms with E-state index in [1.54, 1.807) is 18.0 Å². The van der Waals surface area contributed by atoms with E-state index in [1.165, 1.54) is 6.20 Å². The van der Waals surface area contributed by atoms with Crippen LogP contribution < -0.4 is 4.90 Å². The molecule has 0 spiro atoms. The average molecular weight is 192 g/mol. The van der Waals surface area contributed by atoms with Gasteiger partial charge in [-0.05, 0) is 6.92 Å². The standard InChI is InChI=1S/C9H12N4O/c1-7(6-14)13(2)9-3-8(4-10)5-11-12-9/h3,5,7,14H,6H2,1-2H3. The zero-order valence-electron chi connectivity index (χ0n) is 8.18. The summed E-state index contributed by atoms with van der Waals surface area (Å²) in [7, 11) is 1.80. The number of likely N-dealkylation sites (N-methyl/N-ethyl adjacent to an activating group) is 1. The van der Waals surface area contributed by atoms with E-state index < -0.39 is 0 Å². The highest BCUT2D eigenvalue weighted by molar-refractivity contribution is 5.43.